The van der Waals surface area contributed by atoms with Gasteiger partial charge in [-0.15, -0.1) is 4.67 Å². The van der Waals surface area contributed by atoms with Crippen LogP contribution in [0.3, 0.4) is 0 Å². The summed E-state index contributed by atoms with van der Waals surface area (Å²) in [5.41, 5.74) is 0. The second-order valence-corrected chi connectivity index (χ2v) is 9.66. The Morgan fingerprint density at radius 2 is 1.00 bits per heavy atom. The number of hydrogen-bond donors (Lipinski definition) is 1. The van der Waals surface area contributed by atoms with E-state index in [9.17, 15) is 9.46 Å². The number of ether oxygens (including phenoxy) is 2. The van der Waals surface area contributed by atoms with Crippen LogP contribution in [0.4, 0.5) is 0 Å². The number of phosphoric acid groups is 1. The summed E-state index contributed by atoms with van der Waals surface area (Å²) in [5, 5.41) is 0. The van der Waals surface area contributed by atoms with Gasteiger partial charge in [-0.25, -0.2) is 9.45 Å². The van der Waals surface area contributed by atoms with E-state index in [0.717, 1.165) is 19.3 Å². The van der Waals surface area contributed by atoms with Crippen LogP contribution in [0.25, 0.3) is 0 Å². The van der Waals surface area contributed by atoms with Crippen LogP contribution in [0.5, 0.6) is 0 Å². The molecule has 1 atom stereocenters. The van der Waals surface area contributed by atoms with Gasteiger partial charge in [0.15, 0.2) is 0 Å². The summed E-state index contributed by atoms with van der Waals surface area (Å²) in [6.07, 6.45) is 20.8. The highest BCUT2D eigenvalue weighted by Crippen LogP contribution is 2.43. The molecule has 7 nitrogen and oxygen atoms in total. The van der Waals surface area contributed by atoms with E-state index in [1.807, 2.05) is 6.92 Å². The Kier molecular flexibility index (Phi) is 25.6. The molecule has 32 heavy (non-hydrogen) atoms. The summed E-state index contributed by atoms with van der Waals surface area (Å²) >= 11 is 0. The molecule has 194 valence electrons. The lowest BCUT2D eigenvalue weighted by Gasteiger charge is -2.11. The van der Waals surface area contributed by atoms with E-state index in [1.165, 1.54) is 83.5 Å². The van der Waals surface area contributed by atoms with Crippen molar-refractivity contribution in [2.45, 2.75) is 117 Å². The van der Waals surface area contributed by atoms with E-state index >= 15 is 0 Å². The quantitative estimate of drug-likeness (QED) is 0.0566. The smallest absolute Gasteiger partial charge is 0.379 e. The predicted octanol–water partition coefficient (Wildman–Crippen LogP) is 7.37. The molecule has 0 aromatic carbocycles. The first-order chi connectivity index (χ1) is 15.6. The highest BCUT2D eigenvalue weighted by Gasteiger charge is 2.22. The first-order valence-corrected chi connectivity index (χ1v) is 14.6. The average Bonchev–Trinajstić information content (AvgIpc) is 2.77. The number of phosphoric ester groups is 1. The van der Waals surface area contributed by atoms with Crippen molar-refractivity contribution in [3.05, 3.63) is 0 Å². The topological polar surface area (TPSA) is 83.5 Å². The molecular formula is C24H51O7P. The zero-order valence-electron chi connectivity index (χ0n) is 20.9. The summed E-state index contributed by atoms with van der Waals surface area (Å²) in [6.45, 7) is 6.16. The summed E-state index contributed by atoms with van der Waals surface area (Å²) in [7, 11) is -4.18. The molecule has 1 unspecified atom stereocenters. The maximum absolute atomic E-state index is 11.6. The molecule has 0 fully saturated rings. The minimum Gasteiger partial charge on any atom is -0.379 e. The number of unbranched alkanes of at least 4 members (excludes halogenated alkanes) is 15. The molecule has 0 aliphatic carbocycles. The maximum atomic E-state index is 11.6. The van der Waals surface area contributed by atoms with Crippen LogP contribution in [-0.2, 0) is 28.1 Å². The van der Waals surface area contributed by atoms with Gasteiger partial charge in [-0.2, -0.15) is 0 Å². The molecule has 0 aromatic rings. The Labute approximate surface area is 197 Å². The van der Waals surface area contributed by atoms with Crippen molar-refractivity contribution in [3.8, 4) is 0 Å². The Bertz CT molecular complexity index is 410. The third-order valence-corrected chi connectivity index (χ3v) is 6.09. The molecular weight excluding hydrogens is 431 g/mol. The molecule has 0 aliphatic rings. The molecule has 0 spiro atoms. The van der Waals surface area contributed by atoms with Crippen LogP contribution < -0.4 is 0 Å². The molecule has 1 N–H and O–H groups in total. The van der Waals surface area contributed by atoms with Gasteiger partial charge in [-0.3, -0.25) is 4.52 Å². The Morgan fingerprint density at radius 3 is 1.50 bits per heavy atom. The molecule has 8 heteroatoms. The fourth-order valence-electron chi connectivity index (χ4n) is 3.41. The molecule has 0 radical (unpaired) electrons. The van der Waals surface area contributed by atoms with Gasteiger partial charge in [0.1, 0.15) is 0 Å². The van der Waals surface area contributed by atoms with E-state index in [2.05, 4.69) is 11.6 Å². The van der Waals surface area contributed by atoms with E-state index in [-0.39, 0.29) is 19.8 Å². The van der Waals surface area contributed by atoms with E-state index in [0.29, 0.717) is 19.8 Å². The van der Waals surface area contributed by atoms with Gasteiger partial charge in [-0.1, -0.05) is 103 Å². The molecule has 0 rings (SSSR count). The summed E-state index contributed by atoms with van der Waals surface area (Å²) in [6, 6.07) is 0. The van der Waals surface area contributed by atoms with Crippen LogP contribution in [-0.4, -0.2) is 44.5 Å². The Balaban J connectivity index is 3.24. The molecule has 0 heterocycles. The zero-order chi connectivity index (χ0) is 23.6. The summed E-state index contributed by atoms with van der Waals surface area (Å²) in [4.78, 5) is 14.3. The third-order valence-electron chi connectivity index (χ3n) is 5.29. The van der Waals surface area contributed by atoms with Crippen molar-refractivity contribution in [2.75, 3.05) is 39.6 Å². The van der Waals surface area contributed by atoms with Crippen LogP contribution in [0, 0.1) is 0 Å². The zero-order valence-corrected chi connectivity index (χ0v) is 21.8. The van der Waals surface area contributed by atoms with Gasteiger partial charge in [0.2, 0.25) is 0 Å². The minimum atomic E-state index is -4.18. The number of rotatable bonds is 27. The lowest BCUT2D eigenvalue weighted by Crippen LogP contribution is -2.09. The Morgan fingerprint density at radius 1 is 0.562 bits per heavy atom. The highest BCUT2D eigenvalue weighted by molar-refractivity contribution is 7.47. The van der Waals surface area contributed by atoms with Crippen molar-refractivity contribution in [1.82, 2.24) is 0 Å². The molecule has 0 amide bonds. The predicted molar refractivity (Wildman–Crippen MR) is 130 cm³/mol. The van der Waals surface area contributed by atoms with Crippen LogP contribution in [0.1, 0.15) is 117 Å². The van der Waals surface area contributed by atoms with Crippen molar-refractivity contribution in [3.63, 3.8) is 0 Å². The van der Waals surface area contributed by atoms with E-state index < -0.39 is 7.82 Å². The summed E-state index contributed by atoms with van der Waals surface area (Å²) < 4.78 is 31.2. The normalized spacial score (nSPS) is 13.5. The Hall–Kier alpha value is -0.0100. The largest absolute Gasteiger partial charge is 0.499 e. The lowest BCUT2D eigenvalue weighted by atomic mass is 10.0. The second-order valence-electron chi connectivity index (χ2n) is 8.31. The van der Waals surface area contributed by atoms with Gasteiger partial charge in [0.05, 0.1) is 33.0 Å². The molecule has 0 aromatic heterocycles. The molecule has 0 saturated carbocycles. The monoisotopic (exact) mass is 482 g/mol. The van der Waals surface area contributed by atoms with Gasteiger partial charge in [0.25, 0.3) is 0 Å². The van der Waals surface area contributed by atoms with Gasteiger partial charge in [0, 0.05) is 6.61 Å². The average molecular weight is 483 g/mol. The SMILES string of the molecule is CCCCCCCCCCCCCCCCCCOOP(=O)(O)OCCOCCOCC. The van der Waals surface area contributed by atoms with Gasteiger partial charge >= 0.3 is 7.82 Å². The van der Waals surface area contributed by atoms with Crippen molar-refractivity contribution < 1.29 is 33.0 Å². The molecule has 0 bridgehead atoms. The fraction of sp³-hybridized carbons (Fsp3) is 1.00. The lowest BCUT2D eigenvalue weighted by molar-refractivity contribution is -0.225. The number of hydrogen-bond acceptors (Lipinski definition) is 6. The van der Waals surface area contributed by atoms with Crippen molar-refractivity contribution >= 4 is 7.82 Å². The molecule has 0 saturated heterocycles. The van der Waals surface area contributed by atoms with Gasteiger partial charge < -0.3 is 14.4 Å². The second kappa shape index (κ2) is 25.6. The third kappa shape index (κ3) is 26.2. The van der Waals surface area contributed by atoms with E-state index in [4.69, 9.17) is 18.9 Å². The highest BCUT2D eigenvalue weighted by atomic mass is 31.2. The van der Waals surface area contributed by atoms with Gasteiger partial charge in [-0.05, 0) is 13.3 Å². The molecule has 0 aliphatic heterocycles. The fourth-order valence-corrected chi connectivity index (χ4v) is 3.97. The van der Waals surface area contributed by atoms with Crippen molar-refractivity contribution in [1.29, 1.82) is 0 Å². The summed E-state index contributed by atoms with van der Waals surface area (Å²) in [5.74, 6) is 0. The first-order valence-electron chi connectivity index (χ1n) is 13.1. The minimum absolute atomic E-state index is 0.0394. The first kappa shape index (κ1) is 32.0. The maximum Gasteiger partial charge on any atom is 0.499 e. The van der Waals surface area contributed by atoms with Crippen LogP contribution in [0.2, 0.25) is 0 Å². The van der Waals surface area contributed by atoms with Crippen LogP contribution in [0.15, 0.2) is 0 Å². The van der Waals surface area contributed by atoms with E-state index in [1.54, 1.807) is 0 Å². The van der Waals surface area contributed by atoms with Crippen molar-refractivity contribution in [2.24, 2.45) is 0 Å². The standard InChI is InChI=1S/C24H51O7P/c1-3-5-6-7-8-9-10-11-12-13-14-15-16-17-18-19-20-29-31-32(25,26)30-24-23-28-22-21-27-4-2/h3-24H2,1-2H3,(H,25,26). The van der Waals surface area contributed by atoms with Crippen LogP contribution >= 0.6 is 7.82 Å².